The van der Waals surface area contributed by atoms with Gasteiger partial charge in [0.25, 0.3) is 5.91 Å². The second-order valence-electron chi connectivity index (χ2n) is 11.4. The van der Waals surface area contributed by atoms with Crippen LogP contribution in [-0.4, -0.2) is 70.3 Å². The Morgan fingerprint density at radius 1 is 1.13 bits per heavy atom. The number of likely N-dealkylation sites (tertiary alicyclic amines) is 1. The predicted molar refractivity (Wildman–Crippen MR) is 172 cm³/mol. The minimum Gasteiger partial charge on any atom is -0.493 e. The smallest absolute Gasteiger partial charge is 0.287 e. The number of benzene rings is 2. The zero-order valence-electron chi connectivity index (χ0n) is 26.5. The van der Waals surface area contributed by atoms with Gasteiger partial charge in [0.15, 0.2) is 0 Å². The van der Waals surface area contributed by atoms with Crippen LogP contribution in [0.25, 0.3) is 0 Å². The molecule has 1 fully saturated rings. The summed E-state index contributed by atoms with van der Waals surface area (Å²) in [6, 6.07) is 12.8. The molecule has 46 heavy (non-hydrogen) atoms. The van der Waals surface area contributed by atoms with Crippen LogP contribution in [0.4, 0.5) is 0 Å². The highest BCUT2D eigenvalue weighted by atomic mass is 16.5. The minimum absolute atomic E-state index is 0.0379. The van der Waals surface area contributed by atoms with Gasteiger partial charge in [-0.2, -0.15) is 0 Å². The Kier molecular flexibility index (Phi) is 13.3. The van der Waals surface area contributed by atoms with Gasteiger partial charge in [-0.1, -0.05) is 69.3 Å². The van der Waals surface area contributed by atoms with Gasteiger partial charge in [-0.05, 0) is 55.0 Å². The summed E-state index contributed by atoms with van der Waals surface area (Å²) in [5, 5.41) is 16.0. The van der Waals surface area contributed by atoms with E-state index in [0.717, 1.165) is 0 Å². The van der Waals surface area contributed by atoms with Gasteiger partial charge in [0.1, 0.15) is 17.8 Å². The first kappa shape index (κ1) is 35.7. The van der Waals surface area contributed by atoms with Crippen LogP contribution >= 0.6 is 0 Å². The van der Waals surface area contributed by atoms with E-state index in [1.54, 1.807) is 54.6 Å². The lowest BCUT2D eigenvalue weighted by molar-refractivity contribution is -0.143. The molecule has 11 heteroatoms. The van der Waals surface area contributed by atoms with Crippen molar-refractivity contribution in [2.75, 3.05) is 13.2 Å². The molecule has 1 aliphatic heterocycles. The van der Waals surface area contributed by atoms with Crippen LogP contribution in [0.5, 0.6) is 5.75 Å². The third-order valence-electron chi connectivity index (χ3n) is 8.03. The van der Waals surface area contributed by atoms with E-state index in [2.05, 4.69) is 22.9 Å². The highest BCUT2D eigenvalue weighted by molar-refractivity contribution is 6.37. The molecule has 2 aromatic rings. The maximum atomic E-state index is 14.0. The third-order valence-corrected chi connectivity index (χ3v) is 8.03. The number of hydrogen-bond acceptors (Lipinski definition) is 7. The fraction of sp³-hybridized carbons (Fsp3) is 0.429. The first-order valence-electron chi connectivity index (χ1n) is 15.6. The molecule has 3 rings (SSSR count). The molecule has 0 bridgehead atoms. The molecular weight excluding hydrogens is 588 g/mol. The summed E-state index contributed by atoms with van der Waals surface area (Å²) >= 11 is 0. The number of nitrogens with two attached hydrogens (primary N) is 1. The summed E-state index contributed by atoms with van der Waals surface area (Å²) in [4.78, 5) is 65.8. The minimum atomic E-state index is -1.13. The van der Waals surface area contributed by atoms with Crippen molar-refractivity contribution in [2.45, 2.75) is 82.5 Å². The average Bonchev–Trinajstić information content (AvgIpc) is 3.54. The Bertz CT molecular complexity index is 1440. The molecule has 5 N–H and O–H groups in total. The second-order valence-corrected chi connectivity index (χ2v) is 11.4. The van der Waals surface area contributed by atoms with Gasteiger partial charge in [-0.3, -0.25) is 24.0 Å². The molecule has 0 aromatic heterocycles. The number of primary amides is 1. The zero-order chi connectivity index (χ0) is 33.7. The molecule has 4 amide bonds. The number of nitrogens with one attached hydrogen (secondary N) is 2. The number of nitrogens with zero attached hydrogens (tertiary/aromatic N) is 1. The summed E-state index contributed by atoms with van der Waals surface area (Å²) in [6.07, 6.45) is 3.99. The molecule has 1 heterocycles. The number of aliphatic hydroxyl groups is 1. The number of amides is 4. The van der Waals surface area contributed by atoms with Crippen molar-refractivity contribution in [3.8, 4) is 5.75 Å². The number of rotatable bonds is 17. The quantitative estimate of drug-likeness (QED) is 0.154. The number of carbonyl (C=O) groups is 5. The molecule has 11 nitrogen and oxygen atoms in total. The van der Waals surface area contributed by atoms with Crippen LogP contribution in [0, 0.1) is 0 Å². The van der Waals surface area contributed by atoms with Crippen molar-refractivity contribution in [3.63, 3.8) is 0 Å². The van der Waals surface area contributed by atoms with Crippen LogP contribution in [0.15, 0.2) is 73.0 Å². The van der Waals surface area contributed by atoms with Crippen LogP contribution in [-0.2, 0) is 30.4 Å². The molecule has 1 unspecified atom stereocenters. The molecule has 0 spiro atoms. The normalized spacial score (nSPS) is 16.7. The number of Topliss-reactive ketones (excluding diaryl/α,β-unsaturated/α-hetero) is 1. The van der Waals surface area contributed by atoms with E-state index in [0.29, 0.717) is 49.0 Å². The van der Waals surface area contributed by atoms with E-state index < -0.39 is 53.1 Å². The van der Waals surface area contributed by atoms with Crippen molar-refractivity contribution in [1.29, 1.82) is 0 Å². The topological polar surface area (TPSA) is 168 Å². The monoisotopic (exact) mass is 632 g/mol. The van der Waals surface area contributed by atoms with E-state index in [4.69, 9.17) is 10.5 Å². The van der Waals surface area contributed by atoms with Crippen molar-refractivity contribution < 1.29 is 33.8 Å². The Hall–Kier alpha value is -4.73. The van der Waals surface area contributed by atoms with Gasteiger partial charge in [-0.25, -0.2) is 0 Å². The molecule has 246 valence electrons. The van der Waals surface area contributed by atoms with Gasteiger partial charge in [-0.15, -0.1) is 5.73 Å². The van der Waals surface area contributed by atoms with Crippen molar-refractivity contribution >= 4 is 29.4 Å². The predicted octanol–water partition coefficient (Wildman–Crippen LogP) is 2.67. The first-order chi connectivity index (χ1) is 22.0. The number of carbonyl (C=O) groups excluding carboxylic acids is 5. The highest BCUT2D eigenvalue weighted by Gasteiger charge is 2.39. The molecule has 1 saturated heterocycles. The molecule has 1 aliphatic rings. The second kappa shape index (κ2) is 17.1. The van der Waals surface area contributed by atoms with Crippen LogP contribution in [0.1, 0.15) is 69.5 Å². The summed E-state index contributed by atoms with van der Waals surface area (Å²) in [5.41, 5.74) is 7.94. The molecular formula is C35H44N4O7. The van der Waals surface area contributed by atoms with Crippen molar-refractivity contribution in [3.05, 3.63) is 84.1 Å². The SMILES string of the molecule is C=C=C[C@@](O)(CC)CCOc1cccc(CC(=O)N[C@H](C(=O)N2CCC[C@H]2C(=O)NC(CCC)C(=O)C(N)=O)c2ccccc2)c1. The van der Waals surface area contributed by atoms with Crippen LogP contribution in [0.2, 0.25) is 0 Å². The van der Waals surface area contributed by atoms with Crippen molar-refractivity contribution in [1.82, 2.24) is 15.5 Å². The lowest BCUT2D eigenvalue weighted by Gasteiger charge is -2.30. The van der Waals surface area contributed by atoms with Gasteiger partial charge >= 0.3 is 0 Å². The molecule has 2 aromatic carbocycles. The fourth-order valence-corrected chi connectivity index (χ4v) is 5.43. The Morgan fingerprint density at radius 3 is 2.52 bits per heavy atom. The average molecular weight is 633 g/mol. The molecule has 0 aliphatic carbocycles. The van der Waals surface area contributed by atoms with E-state index in [1.165, 1.54) is 11.0 Å². The number of ketones is 1. The largest absolute Gasteiger partial charge is 0.493 e. The van der Waals surface area contributed by atoms with Crippen molar-refractivity contribution in [2.24, 2.45) is 5.73 Å². The summed E-state index contributed by atoms with van der Waals surface area (Å²) in [6.45, 7) is 7.72. The number of ether oxygens (including phenoxy) is 1. The highest BCUT2D eigenvalue weighted by Crippen LogP contribution is 2.25. The Labute approximate surface area is 269 Å². The van der Waals surface area contributed by atoms with E-state index >= 15 is 0 Å². The maximum Gasteiger partial charge on any atom is 0.287 e. The van der Waals surface area contributed by atoms with Gasteiger partial charge in [0.05, 0.1) is 24.7 Å². The van der Waals surface area contributed by atoms with Gasteiger partial charge < -0.3 is 31.1 Å². The van der Waals surface area contributed by atoms with E-state index in [9.17, 15) is 29.1 Å². The summed E-state index contributed by atoms with van der Waals surface area (Å²) in [7, 11) is 0. The molecule has 4 atom stereocenters. The van der Waals surface area contributed by atoms with E-state index in [-0.39, 0.29) is 26.0 Å². The third kappa shape index (κ3) is 9.89. The lowest BCUT2D eigenvalue weighted by atomic mass is 9.97. The maximum absolute atomic E-state index is 14.0. The van der Waals surface area contributed by atoms with Crippen LogP contribution in [0.3, 0.4) is 0 Å². The number of hydrogen-bond donors (Lipinski definition) is 4. The summed E-state index contributed by atoms with van der Waals surface area (Å²) in [5.74, 6) is -2.91. The summed E-state index contributed by atoms with van der Waals surface area (Å²) < 4.78 is 5.83. The first-order valence-corrected chi connectivity index (χ1v) is 15.6. The fourth-order valence-electron chi connectivity index (χ4n) is 5.43. The lowest BCUT2D eigenvalue weighted by Crippen LogP contribution is -2.54. The molecule has 0 saturated carbocycles. The Balaban J connectivity index is 1.72. The zero-order valence-corrected chi connectivity index (χ0v) is 26.5. The Morgan fingerprint density at radius 2 is 1.87 bits per heavy atom. The van der Waals surface area contributed by atoms with E-state index in [1.807, 2.05) is 13.8 Å². The van der Waals surface area contributed by atoms with Gasteiger partial charge in [0.2, 0.25) is 23.5 Å². The molecule has 0 radical (unpaired) electrons. The van der Waals surface area contributed by atoms with Crippen LogP contribution < -0.4 is 21.1 Å². The standard InChI is InChI=1S/C35H44N4O7/c1-4-12-27(31(41)32(36)42)37-33(43)28-17-11-20-39(28)34(44)30(25-14-8-7-9-15-25)38-29(40)23-24-13-10-16-26(22-24)46-21-19-35(45,6-3)18-5-2/h7-10,13-16,18,22,27-28,30,45H,2,4,6,11-12,17,19-21,23H2,1,3H3,(H2,36,42)(H,37,43)(H,38,40)/t27?,28-,30-,35-/m0/s1. The van der Waals surface area contributed by atoms with Gasteiger partial charge in [0, 0.05) is 13.0 Å².